The fourth-order valence-electron chi connectivity index (χ4n) is 1.98. The van der Waals surface area contributed by atoms with Crippen LogP contribution in [0.2, 0.25) is 0 Å². The number of rotatable bonds is 1. The quantitative estimate of drug-likeness (QED) is 0.861. The molecule has 3 nitrogen and oxygen atoms in total. The molecule has 1 aromatic carbocycles. The van der Waals surface area contributed by atoms with Gasteiger partial charge in [0.2, 0.25) is 0 Å². The summed E-state index contributed by atoms with van der Waals surface area (Å²) in [5.41, 5.74) is 0.126. The average molecular weight is 301 g/mol. The Morgan fingerprint density at radius 2 is 2.35 bits per heavy atom. The Bertz CT molecular complexity index is 418. The molecule has 0 aliphatic carbocycles. The second kappa shape index (κ2) is 5.14. The minimum Gasteiger partial charge on any atom is -0.336 e. The highest BCUT2D eigenvalue weighted by molar-refractivity contribution is 9.10. The lowest BCUT2D eigenvalue weighted by Crippen LogP contribution is -2.51. The van der Waals surface area contributed by atoms with Gasteiger partial charge in [0.05, 0.1) is 5.56 Å². The molecule has 1 heterocycles. The van der Waals surface area contributed by atoms with Gasteiger partial charge >= 0.3 is 0 Å². The highest BCUT2D eigenvalue weighted by atomic mass is 79.9. The highest BCUT2D eigenvalue weighted by Gasteiger charge is 2.25. The van der Waals surface area contributed by atoms with Gasteiger partial charge in [-0.2, -0.15) is 0 Å². The Balaban J connectivity index is 2.24. The van der Waals surface area contributed by atoms with Gasteiger partial charge < -0.3 is 10.2 Å². The molecule has 2 rings (SSSR count). The predicted octanol–water partition coefficient (Wildman–Crippen LogP) is 2.02. The van der Waals surface area contributed by atoms with E-state index in [9.17, 15) is 9.18 Å². The fourth-order valence-corrected chi connectivity index (χ4v) is 2.49. The molecule has 1 amide bonds. The van der Waals surface area contributed by atoms with Crippen LogP contribution in [0, 0.1) is 5.82 Å². The van der Waals surface area contributed by atoms with Crippen LogP contribution < -0.4 is 5.32 Å². The van der Waals surface area contributed by atoms with Crippen molar-refractivity contribution in [1.29, 1.82) is 0 Å². The summed E-state index contributed by atoms with van der Waals surface area (Å²) in [7, 11) is 0. The van der Waals surface area contributed by atoms with Crippen molar-refractivity contribution in [1.82, 2.24) is 10.2 Å². The topological polar surface area (TPSA) is 32.3 Å². The number of nitrogens with one attached hydrogen (secondary N) is 1. The van der Waals surface area contributed by atoms with Crippen molar-refractivity contribution in [3.05, 3.63) is 34.1 Å². The van der Waals surface area contributed by atoms with E-state index in [1.807, 2.05) is 6.92 Å². The summed E-state index contributed by atoms with van der Waals surface area (Å²) in [4.78, 5) is 13.9. The smallest absolute Gasteiger partial charge is 0.258 e. The van der Waals surface area contributed by atoms with E-state index in [2.05, 4.69) is 21.2 Å². The van der Waals surface area contributed by atoms with Crippen molar-refractivity contribution >= 4 is 21.8 Å². The number of hydrogen-bond acceptors (Lipinski definition) is 2. The van der Waals surface area contributed by atoms with Crippen LogP contribution >= 0.6 is 15.9 Å². The van der Waals surface area contributed by atoms with E-state index < -0.39 is 5.82 Å². The van der Waals surface area contributed by atoms with Crippen molar-refractivity contribution in [3.8, 4) is 0 Å². The Kier molecular flexibility index (Phi) is 3.79. The molecule has 0 spiro atoms. The van der Waals surface area contributed by atoms with Gasteiger partial charge in [-0.3, -0.25) is 4.79 Å². The number of piperazine rings is 1. The molecule has 0 bridgehead atoms. The van der Waals surface area contributed by atoms with Crippen molar-refractivity contribution in [2.75, 3.05) is 19.6 Å². The molecule has 1 aliphatic heterocycles. The Labute approximate surface area is 108 Å². The zero-order chi connectivity index (χ0) is 12.4. The summed E-state index contributed by atoms with van der Waals surface area (Å²) < 4.78 is 14.2. The van der Waals surface area contributed by atoms with Crippen LogP contribution in [0.5, 0.6) is 0 Å². The molecule has 0 saturated carbocycles. The number of hydrogen-bond donors (Lipinski definition) is 1. The maximum absolute atomic E-state index is 13.7. The van der Waals surface area contributed by atoms with Crippen molar-refractivity contribution < 1.29 is 9.18 Å². The lowest BCUT2D eigenvalue weighted by molar-refractivity contribution is 0.0703. The largest absolute Gasteiger partial charge is 0.336 e. The lowest BCUT2D eigenvalue weighted by Gasteiger charge is -2.32. The van der Waals surface area contributed by atoms with Crippen LogP contribution in [0.1, 0.15) is 17.3 Å². The maximum Gasteiger partial charge on any atom is 0.258 e. The summed E-state index contributed by atoms with van der Waals surface area (Å²) >= 11 is 3.23. The first-order valence-electron chi connectivity index (χ1n) is 5.56. The molecule has 17 heavy (non-hydrogen) atoms. The standard InChI is InChI=1S/C12H14BrFN2O/c1-8-7-16(6-5-15-8)12(17)11-9(13)3-2-4-10(11)14/h2-4,8,15H,5-7H2,1H3. The zero-order valence-electron chi connectivity index (χ0n) is 9.54. The summed E-state index contributed by atoms with van der Waals surface area (Å²) in [5, 5.41) is 3.25. The van der Waals surface area contributed by atoms with Crippen LogP contribution in [-0.4, -0.2) is 36.5 Å². The molecular weight excluding hydrogens is 287 g/mol. The fraction of sp³-hybridized carbons (Fsp3) is 0.417. The van der Waals surface area contributed by atoms with E-state index in [1.54, 1.807) is 17.0 Å². The molecule has 0 radical (unpaired) electrons. The van der Waals surface area contributed by atoms with Gasteiger partial charge in [-0.15, -0.1) is 0 Å². The third-order valence-electron chi connectivity index (χ3n) is 2.83. The Hall–Kier alpha value is -0.940. The van der Waals surface area contributed by atoms with Crippen molar-refractivity contribution in [2.45, 2.75) is 13.0 Å². The number of halogens is 2. The minimum atomic E-state index is -0.476. The van der Waals surface area contributed by atoms with Gasteiger partial charge in [0, 0.05) is 30.1 Å². The molecule has 1 saturated heterocycles. The molecule has 1 N–H and O–H groups in total. The first-order chi connectivity index (χ1) is 8.09. The van der Waals surface area contributed by atoms with Crippen molar-refractivity contribution in [2.24, 2.45) is 0 Å². The summed E-state index contributed by atoms with van der Waals surface area (Å²) in [6.07, 6.45) is 0. The van der Waals surface area contributed by atoms with E-state index in [4.69, 9.17) is 0 Å². The summed E-state index contributed by atoms with van der Waals surface area (Å²) in [6.45, 7) is 3.98. The van der Waals surface area contributed by atoms with E-state index in [-0.39, 0.29) is 17.5 Å². The molecular formula is C12H14BrFN2O. The maximum atomic E-state index is 13.7. The third kappa shape index (κ3) is 2.66. The van der Waals surface area contributed by atoms with E-state index >= 15 is 0 Å². The van der Waals surface area contributed by atoms with Gasteiger partial charge in [-0.1, -0.05) is 6.07 Å². The number of carbonyl (C=O) groups excluding carboxylic acids is 1. The van der Waals surface area contributed by atoms with Gasteiger partial charge in [-0.05, 0) is 35.0 Å². The third-order valence-corrected chi connectivity index (χ3v) is 3.49. The zero-order valence-corrected chi connectivity index (χ0v) is 11.1. The van der Waals surface area contributed by atoms with Gasteiger partial charge in [0.1, 0.15) is 5.82 Å². The SMILES string of the molecule is CC1CN(C(=O)c2c(F)cccc2Br)CCN1. The molecule has 1 unspecified atom stereocenters. The average Bonchev–Trinajstić information content (AvgIpc) is 2.28. The minimum absolute atomic E-state index is 0.126. The van der Waals surface area contributed by atoms with Crippen LogP contribution in [0.25, 0.3) is 0 Å². The normalized spacial score (nSPS) is 20.4. The summed E-state index contributed by atoms with van der Waals surface area (Å²) in [6, 6.07) is 4.82. The Morgan fingerprint density at radius 1 is 1.59 bits per heavy atom. The van der Waals surface area contributed by atoms with Crippen LogP contribution in [0.3, 0.4) is 0 Å². The monoisotopic (exact) mass is 300 g/mol. The van der Waals surface area contributed by atoms with E-state index in [1.165, 1.54) is 6.07 Å². The van der Waals surface area contributed by atoms with Crippen LogP contribution in [0.15, 0.2) is 22.7 Å². The molecule has 5 heteroatoms. The lowest BCUT2D eigenvalue weighted by atomic mass is 10.1. The van der Waals surface area contributed by atoms with Gasteiger partial charge in [0.25, 0.3) is 5.91 Å². The number of benzene rings is 1. The molecule has 1 fully saturated rings. The molecule has 0 aromatic heterocycles. The van der Waals surface area contributed by atoms with E-state index in [0.29, 0.717) is 17.6 Å². The van der Waals surface area contributed by atoms with Gasteiger partial charge in [-0.25, -0.2) is 4.39 Å². The second-order valence-corrected chi connectivity index (χ2v) is 5.06. The summed E-state index contributed by atoms with van der Waals surface area (Å²) in [5.74, 6) is -0.723. The predicted molar refractivity (Wildman–Crippen MR) is 67.5 cm³/mol. The van der Waals surface area contributed by atoms with Crippen LogP contribution in [-0.2, 0) is 0 Å². The molecule has 1 aromatic rings. The highest BCUT2D eigenvalue weighted by Crippen LogP contribution is 2.21. The number of amides is 1. The number of carbonyl (C=O) groups is 1. The second-order valence-electron chi connectivity index (χ2n) is 4.20. The van der Waals surface area contributed by atoms with Crippen molar-refractivity contribution in [3.63, 3.8) is 0 Å². The first-order valence-corrected chi connectivity index (χ1v) is 6.35. The van der Waals surface area contributed by atoms with E-state index in [0.717, 1.165) is 6.54 Å². The first kappa shape index (κ1) is 12.5. The molecule has 1 atom stereocenters. The van der Waals surface area contributed by atoms with Crippen LogP contribution in [0.4, 0.5) is 4.39 Å². The molecule has 1 aliphatic rings. The van der Waals surface area contributed by atoms with Gasteiger partial charge in [0.15, 0.2) is 0 Å². The molecule has 92 valence electrons. The Morgan fingerprint density at radius 3 is 3.00 bits per heavy atom. The number of nitrogens with zero attached hydrogens (tertiary/aromatic N) is 1.